The summed E-state index contributed by atoms with van der Waals surface area (Å²) in [5.41, 5.74) is 1.97. The van der Waals surface area contributed by atoms with Gasteiger partial charge in [0.15, 0.2) is 5.78 Å². The van der Waals surface area contributed by atoms with Crippen LogP contribution >= 0.6 is 0 Å². The van der Waals surface area contributed by atoms with Crippen LogP contribution in [0, 0.1) is 0 Å². The standard InChI is InChI=1S/C14H16N2O4/c1-3-9-8-11-10(12(17)5-7-14(18)19)4-6-13(20-2)16(11)15-9/h4,6,8H,3,5,7H2,1-2H3,(H,18,19). The summed E-state index contributed by atoms with van der Waals surface area (Å²) < 4.78 is 6.79. The molecule has 0 saturated carbocycles. The van der Waals surface area contributed by atoms with Crippen molar-refractivity contribution in [2.45, 2.75) is 26.2 Å². The minimum atomic E-state index is -0.981. The third kappa shape index (κ3) is 2.64. The fourth-order valence-electron chi connectivity index (χ4n) is 2.02. The van der Waals surface area contributed by atoms with Crippen LogP contribution in [0.25, 0.3) is 5.52 Å². The first-order valence-corrected chi connectivity index (χ1v) is 6.37. The van der Waals surface area contributed by atoms with E-state index in [9.17, 15) is 9.59 Å². The normalized spacial score (nSPS) is 10.7. The summed E-state index contributed by atoms with van der Waals surface area (Å²) in [5.74, 6) is -0.650. The number of aryl methyl sites for hydroxylation is 1. The molecular formula is C14H16N2O4. The molecule has 0 fully saturated rings. The molecule has 0 aromatic carbocycles. The van der Waals surface area contributed by atoms with Crippen LogP contribution in [-0.2, 0) is 11.2 Å². The molecule has 106 valence electrons. The molecule has 20 heavy (non-hydrogen) atoms. The SMILES string of the molecule is CCc1cc2c(C(=O)CCC(=O)O)ccc(OC)n2n1. The van der Waals surface area contributed by atoms with E-state index in [1.807, 2.05) is 13.0 Å². The van der Waals surface area contributed by atoms with Crippen molar-refractivity contribution < 1.29 is 19.4 Å². The zero-order valence-electron chi connectivity index (χ0n) is 11.4. The number of hydrogen-bond acceptors (Lipinski definition) is 4. The first-order valence-electron chi connectivity index (χ1n) is 6.37. The van der Waals surface area contributed by atoms with E-state index in [1.165, 1.54) is 7.11 Å². The van der Waals surface area contributed by atoms with Gasteiger partial charge in [0.2, 0.25) is 5.88 Å². The fourth-order valence-corrected chi connectivity index (χ4v) is 2.02. The van der Waals surface area contributed by atoms with Gasteiger partial charge in [-0.2, -0.15) is 5.10 Å². The van der Waals surface area contributed by atoms with Crippen molar-refractivity contribution in [3.63, 3.8) is 0 Å². The molecule has 0 aliphatic heterocycles. The number of ketones is 1. The predicted octanol–water partition coefficient (Wildman–Crippen LogP) is 1.95. The molecule has 0 radical (unpaired) electrons. The van der Waals surface area contributed by atoms with Crippen LogP contribution in [0.1, 0.15) is 35.8 Å². The number of aromatic nitrogens is 2. The molecule has 1 N–H and O–H groups in total. The Labute approximate surface area is 116 Å². The lowest BCUT2D eigenvalue weighted by molar-refractivity contribution is -0.136. The van der Waals surface area contributed by atoms with Crippen molar-refractivity contribution in [3.8, 4) is 5.88 Å². The van der Waals surface area contributed by atoms with E-state index >= 15 is 0 Å². The molecule has 0 bridgehead atoms. The zero-order chi connectivity index (χ0) is 14.7. The Morgan fingerprint density at radius 3 is 2.70 bits per heavy atom. The second-order valence-corrected chi connectivity index (χ2v) is 4.39. The smallest absolute Gasteiger partial charge is 0.303 e. The zero-order valence-corrected chi connectivity index (χ0v) is 11.4. The lowest BCUT2D eigenvalue weighted by Crippen LogP contribution is -2.06. The number of carbonyl (C=O) groups excluding carboxylic acids is 1. The second kappa shape index (κ2) is 5.73. The quantitative estimate of drug-likeness (QED) is 0.816. The molecule has 2 rings (SSSR count). The molecule has 0 spiro atoms. The fraction of sp³-hybridized carbons (Fsp3) is 0.357. The number of Topliss-reactive ketones (excluding diaryl/α,β-unsaturated/α-hetero) is 1. The van der Waals surface area contributed by atoms with Gasteiger partial charge in [-0.3, -0.25) is 9.59 Å². The maximum atomic E-state index is 12.1. The number of pyridine rings is 1. The maximum Gasteiger partial charge on any atom is 0.303 e. The summed E-state index contributed by atoms with van der Waals surface area (Å²) in [6, 6.07) is 5.14. The summed E-state index contributed by atoms with van der Waals surface area (Å²) in [7, 11) is 1.54. The molecule has 0 unspecified atom stereocenters. The monoisotopic (exact) mass is 276 g/mol. The Morgan fingerprint density at radius 1 is 1.35 bits per heavy atom. The van der Waals surface area contributed by atoms with Gasteiger partial charge >= 0.3 is 5.97 Å². The average molecular weight is 276 g/mol. The van der Waals surface area contributed by atoms with E-state index < -0.39 is 5.97 Å². The van der Waals surface area contributed by atoms with Crippen molar-refractivity contribution >= 4 is 17.3 Å². The van der Waals surface area contributed by atoms with Crippen molar-refractivity contribution in [2.24, 2.45) is 0 Å². The second-order valence-electron chi connectivity index (χ2n) is 4.39. The lowest BCUT2D eigenvalue weighted by Gasteiger charge is -2.06. The number of hydrogen-bond donors (Lipinski definition) is 1. The molecule has 0 saturated heterocycles. The number of carbonyl (C=O) groups is 2. The molecular weight excluding hydrogens is 260 g/mol. The Morgan fingerprint density at radius 2 is 2.10 bits per heavy atom. The van der Waals surface area contributed by atoms with Gasteiger partial charge in [0, 0.05) is 18.1 Å². The molecule has 6 heteroatoms. The number of methoxy groups -OCH3 is 1. The van der Waals surface area contributed by atoms with Crippen LogP contribution in [0.2, 0.25) is 0 Å². The first-order chi connectivity index (χ1) is 9.56. The molecule has 2 heterocycles. The maximum absolute atomic E-state index is 12.1. The Bertz CT molecular complexity index is 660. The number of rotatable bonds is 6. The van der Waals surface area contributed by atoms with E-state index in [4.69, 9.17) is 9.84 Å². The Hall–Kier alpha value is -2.37. The largest absolute Gasteiger partial charge is 0.481 e. The topological polar surface area (TPSA) is 80.9 Å². The molecule has 0 aliphatic carbocycles. The number of aliphatic carboxylic acids is 1. The van der Waals surface area contributed by atoms with Crippen molar-refractivity contribution in [1.82, 2.24) is 9.61 Å². The van der Waals surface area contributed by atoms with Gasteiger partial charge in [0.25, 0.3) is 0 Å². The number of ether oxygens (including phenoxy) is 1. The summed E-state index contributed by atoms with van der Waals surface area (Å²) in [6.07, 6.45) is 0.545. The van der Waals surface area contributed by atoms with Crippen molar-refractivity contribution in [1.29, 1.82) is 0 Å². The highest BCUT2D eigenvalue weighted by Gasteiger charge is 2.16. The highest BCUT2D eigenvalue weighted by atomic mass is 16.5. The number of carboxylic acid groups (broad SMARTS) is 1. The van der Waals surface area contributed by atoms with E-state index in [0.717, 1.165) is 12.1 Å². The molecule has 2 aromatic rings. The van der Waals surface area contributed by atoms with Crippen LogP contribution in [0.3, 0.4) is 0 Å². The van der Waals surface area contributed by atoms with Gasteiger partial charge < -0.3 is 9.84 Å². The van der Waals surface area contributed by atoms with Gasteiger partial charge in [-0.15, -0.1) is 0 Å². The number of fused-ring (bicyclic) bond motifs is 1. The van der Waals surface area contributed by atoms with E-state index in [2.05, 4.69) is 5.10 Å². The van der Waals surface area contributed by atoms with Gasteiger partial charge in [-0.1, -0.05) is 6.92 Å². The van der Waals surface area contributed by atoms with Gasteiger partial charge in [0.05, 0.1) is 24.7 Å². The van der Waals surface area contributed by atoms with E-state index in [0.29, 0.717) is 17.0 Å². The molecule has 6 nitrogen and oxygen atoms in total. The Balaban J connectivity index is 2.45. The van der Waals surface area contributed by atoms with Crippen LogP contribution in [0.15, 0.2) is 18.2 Å². The van der Waals surface area contributed by atoms with Crippen molar-refractivity contribution in [2.75, 3.05) is 7.11 Å². The third-order valence-electron chi connectivity index (χ3n) is 3.07. The average Bonchev–Trinajstić information content (AvgIpc) is 2.87. The van der Waals surface area contributed by atoms with Crippen LogP contribution in [0.5, 0.6) is 5.88 Å². The summed E-state index contributed by atoms with van der Waals surface area (Å²) in [4.78, 5) is 22.7. The molecule has 0 atom stereocenters. The highest BCUT2D eigenvalue weighted by Crippen LogP contribution is 2.21. The van der Waals surface area contributed by atoms with E-state index in [1.54, 1.807) is 16.6 Å². The van der Waals surface area contributed by atoms with Crippen LogP contribution in [-0.4, -0.2) is 33.6 Å². The summed E-state index contributed by atoms with van der Waals surface area (Å²) in [5, 5.41) is 13.0. The summed E-state index contributed by atoms with van der Waals surface area (Å²) >= 11 is 0. The third-order valence-corrected chi connectivity index (χ3v) is 3.07. The van der Waals surface area contributed by atoms with Crippen LogP contribution in [0.4, 0.5) is 0 Å². The molecule has 2 aromatic heterocycles. The molecule has 0 aliphatic rings. The van der Waals surface area contributed by atoms with Gasteiger partial charge in [-0.05, 0) is 18.6 Å². The van der Waals surface area contributed by atoms with Crippen molar-refractivity contribution in [3.05, 3.63) is 29.5 Å². The summed E-state index contributed by atoms with van der Waals surface area (Å²) in [6.45, 7) is 1.97. The predicted molar refractivity (Wildman–Crippen MR) is 72.3 cm³/mol. The Kier molecular flexibility index (Phi) is 4.02. The minimum Gasteiger partial charge on any atom is -0.481 e. The lowest BCUT2D eigenvalue weighted by atomic mass is 10.1. The number of carboxylic acids is 1. The highest BCUT2D eigenvalue weighted by molar-refractivity contribution is 6.03. The first kappa shape index (κ1) is 14.0. The minimum absolute atomic E-state index is 0.0238. The molecule has 0 amide bonds. The van der Waals surface area contributed by atoms with Crippen LogP contribution < -0.4 is 4.74 Å². The number of nitrogens with zero attached hydrogens (tertiary/aromatic N) is 2. The van der Waals surface area contributed by atoms with Gasteiger partial charge in [-0.25, -0.2) is 4.52 Å². The van der Waals surface area contributed by atoms with E-state index in [-0.39, 0.29) is 18.6 Å². The van der Waals surface area contributed by atoms with Gasteiger partial charge in [0.1, 0.15) is 0 Å².